The van der Waals surface area contributed by atoms with Crippen molar-refractivity contribution in [2.24, 2.45) is 7.05 Å². The minimum atomic E-state index is -3.40. The van der Waals surface area contributed by atoms with Crippen molar-refractivity contribution in [3.63, 3.8) is 0 Å². The third-order valence-corrected chi connectivity index (χ3v) is 6.89. The van der Waals surface area contributed by atoms with Crippen LogP contribution in [0.4, 0.5) is 0 Å². The molecular weight excluding hydrogens is 378 g/mol. The topological polar surface area (TPSA) is 82.3 Å². The Morgan fingerprint density at radius 2 is 2.11 bits per heavy atom. The molecule has 0 aromatic carbocycles. The van der Waals surface area contributed by atoms with Crippen molar-refractivity contribution in [1.82, 2.24) is 24.2 Å². The van der Waals surface area contributed by atoms with Crippen LogP contribution in [0.5, 0.6) is 0 Å². The lowest BCUT2D eigenvalue weighted by Crippen LogP contribution is -2.27. The highest BCUT2D eigenvalue weighted by atomic mass is 32.2. The number of aromatic nitrogens is 4. The average Bonchev–Trinajstić information content (AvgIpc) is 3.38. The summed E-state index contributed by atoms with van der Waals surface area (Å²) in [6.45, 7) is 7.49. The second-order valence-corrected chi connectivity index (χ2v) is 9.43. The number of hydrogen-bond donors (Lipinski definition) is 0. The zero-order valence-corrected chi connectivity index (χ0v) is 17.9. The maximum absolute atomic E-state index is 12.7. The Bertz CT molecular complexity index is 868. The molecule has 0 saturated carbocycles. The highest BCUT2D eigenvalue weighted by Crippen LogP contribution is 2.21. The first-order valence-corrected chi connectivity index (χ1v) is 11.7. The Balaban J connectivity index is 1.84. The maximum Gasteiger partial charge on any atom is 0.227 e. The lowest BCUT2D eigenvalue weighted by Gasteiger charge is -2.22. The Morgan fingerprint density at radius 3 is 2.71 bits per heavy atom. The van der Waals surface area contributed by atoms with E-state index in [0.29, 0.717) is 19.5 Å². The highest BCUT2D eigenvalue weighted by Gasteiger charge is 2.26. The van der Waals surface area contributed by atoms with Crippen molar-refractivity contribution in [2.45, 2.75) is 64.0 Å². The van der Waals surface area contributed by atoms with Crippen molar-refractivity contribution >= 4 is 9.84 Å². The number of ether oxygens (including phenoxy) is 1. The zero-order valence-electron chi connectivity index (χ0n) is 17.0. The Hall–Kier alpha value is -1.71. The number of rotatable bonds is 10. The maximum atomic E-state index is 12.7. The molecule has 28 heavy (non-hydrogen) atoms. The minimum Gasteiger partial charge on any atom is -0.376 e. The molecule has 1 fully saturated rings. The molecule has 0 spiro atoms. The quantitative estimate of drug-likeness (QED) is 0.597. The van der Waals surface area contributed by atoms with Gasteiger partial charge < -0.3 is 9.30 Å². The van der Waals surface area contributed by atoms with Crippen molar-refractivity contribution in [2.75, 3.05) is 18.9 Å². The van der Waals surface area contributed by atoms with E-state index in [4.69, 9.17) is 4.74 Å². The van der Waals surface area contributed by atoms with Crippen LogP contribution in [0.15, 0.2) is 23.7 Å². The summed E-state index contributed by atoms with van der Waals surface area (Å²) < 4.78 is 34.9. The summed E-state index contributed by atoms with van der Waals surface area (Å²) in [5.41, 5.74) is 2.05. The van der Waals surface area contributed by atoms with Gasteiger partial charge in [-0.15, -0.1) is 0 Å². The van der Waals surface area contributed by atoms with Crippen LogP contribution in [0.3, 0.4) is 0 Å². The SMILES string of the molecule is CCCS(=O)(=O)c1ncc(CN(CC)Cc2cnn(C)c2)n1CC1CCCO1. The predicted octanol–water partition coefficient (Wildman–Crippen LogP) is 2.00. The van der Waals surface area contributed by atoms with Crippen molar-refractivity contribution < 1.29 is 13.2 Å². The fourth-order valence-corrected chi connectivity index (χ4v) is 5.09. The van der Waals surface area contributed by atoms with Gasteiger partial charge in [-0.1, -0.05) is 13.8 Å². The van der Waals surface area contributed by atoms with E-state index in [1.165, 1.54) is 0 Å². The van der Waals surface area contributed by atoms with Crippen LogP contribution < -0.4 is 0 Å². The molecule has 0 aliphatic carbocycles. The summed E-state index contributed by atoms with van der Waals surface area (Å²) in [5.74, 6) is 0.113. The van der Waals surface area contributed by atoms with Gasteiger partial charge in [0.05, 0.1) is 36.5 Å². The smallest absolute Gasteiger partial charge is 0.227 e. The van der Waals surface area contributed by atoms with E-state index in [-0.39, 0.29) is 17.0 Å². The van der Waals surface area contributed by atoms with E-state index >= 15 is 0 Å². The number of nitrogens with zero attached hydrogens (tertiary/aromatic N) is 5. The molecule has 0 amide bonds. The molecule has 0 radical (unpaired) electrons. The predicted molar refractivity (Wildman–Crippen MR) is 107 cm³/mol. The van der Waals surface area contributed by atoms with Crippen LogP contribution in [0.25, 0.3) is 0 Å². The second-order valence-electron chi connectivity index (χ2n) is 7.42. The van der Waals surface area contributed by atoms with Crippen LogP contribution >= 0.6 is 0 Å². The van der Waals surface area contributed by atoms with E-state index in [1.807, 2.05) is 30.9 Å². The molecule has 1 unspecified atom stereocenters. The average molecular weight is 410 g/mol. The van der Waals surface area contributed by atoms with E-state index in [1.54, 1.807) is 10.9 Å². The number of sulfone groups is 1. The summed E-state index contributed by atoms with van der Waals surface area (Å²) in [4.78, 5) is 6.58. The first kappa shape index (κ1) is 21.0. The van der Waals surface area contributed by atoms with Crippen LogP contribution in [-0.4, -0.2) is 57.7 Å². The summed E-state index contributed by atoms with van der Waals surface area (Å²) >= 11 is 0. The van der Waals surface area contributed by atoms with E-state index < -0.39 is 9.84 Å². The second kappa shape index (κ2) is 9.19. The first-order chi connectivity index (χ1) is 13.4. The van der Waals surface area contributed by atoms with Gasteiger partial charge in [0, 0.05) is 38.5 Å². The summed E-state index contributed by atoms with van der Waals surface area (Å²) in [7, 11) is -1.49. The van der Waals surface area contributed by atoms with Crippen molar-refractivity contribution in [3.05, 3.63) is 29.8 Å². The van der Waals surface area contributed by atoms with Gasteiger partial charge in [-0.05, 0) is 25.8 Å². The zero-order chi connectivity index (χ0) is 20.1. The molecule has 3 heterocycles. The van der Waals surface area contributed by atoms with Gasteiger partial charge in [0.25, 0.3) is 0 Å². The third-order valence-electron chi connectivity index (χ3n) is 5.06. The van der Waals surface area contributed by atoms with Crippen molar-refractivity contribution in [3.8, 4) is 0 Å². The van der Waals surface area contributed by atoms with Gasteiger partial charge in [-0.2, -0.15) is 5.10 Å². The van der Waals surface area contributed by atoms with Crippen molar-refractivity contribution in [1.29, 1.82) is 0 Å². The lowest BCUT2D eigenvalue weighted by atomic mass is 10.2. The minimum absolute atomic E-state index is 0.0527. The van der Waals surface area contributed by atoms with Crippen LogP contribution in [0.2, 0.25) is 0 Å². The number of imidazole rings is 1. The van der Waals surface area contributed by atoms with Gasteiger partial charge in [0.15, 0.2) is 0 Å². The number of aryl methyl sites for hydroxylation is 1. The molecule has 0 bridgehead atoms. The molecule has 2 aromatic heterocycles. The van der Waals surface area contributed by atoms with Gasteiger partial charge in [-0.3, -0.25) is 9.58 Å². The molecule has 0 N–H and O–H groups in total. The van der Waals surface area contributed by atoms with Gasteiger partial charge in [0.2, 0.25) is 15.0 Å². The molecular formula is C19H31N5O3S. The molecule has 3 rings (SSSR count). The molecule has 2 aromatic rings. The highest BCUT2D eigenvalue weighted by molar-refractivity contribution is 7.91. The largest absolute Gasteiger partial charge is 0.376 e. The monoisotopic (exact) mass is 409 g/mol. The van der Waals surface area contributed by atoms with E-state index in [9.17, 15) is 8.42 Å². The Kier molecular flexibility index (Phi) is 6.90. The normalized spacial score (nSPS) is 17.6. The standard InChI is InChI=1S/C19H31N5O3S/c1-4-9-28(25,26)19-20-11-17(24(19)15-18-7-6-8-27-18)14-23(5-2)13-16-10-21-22(3)12-16/h10-12,18H,4-9,13-15H2,1-3H3. The third kappa shape index (κ3) is 5.01. The number of hydrogen-bond acceptors (Lipinski definition) is 6. The molecule has 1 atom stereocenters. The Morgan fingerprint density at radius 1 is 1.29 bits per heavy atom. The molecule has 1 saturated heterocycles. The van der Waals surface area contributed by atoms with Gasteiger partial charge >= 0.3 is 0 Å². The van der Waals surface area contributed by atoms with E-state index in [2.05, 4.69) is 21.9 Å². The van der Waals surface area contributed by atoms with Crippen LogP contribution in [0, 0.1) is 0 Å². The first-order valence-electron chi connectivity index (χ1n) is 10.0. The summed E-state index contributed by atoms with van der Waals surface area (Å²) in [5, 5.41) is 4.41. The van der Waals surface area contributed by atoms with E-state index in [0.717, 1.165) is 43.8 Å². The van der Waals surface area contributed by atoms with Crippen LogP contribution in [-0.2, 0) is 41.3 Å². The molecule has 1 aliphatic rings. The lowest BCUT2D eigenvalue weighted by molar-refractivity contribution is 0.0932. The fourth-order valence-electron chi connectivity index (χ4n) is 3.63. The van der Waals surface area contributed by atoms with Gasteiger partial charge in [0.1, 0.15) is 0 Å². The van der Waals surface area contributed by atoms with Crippen LogP contribution in [0.1, 0.15) is 44.4 Å². The van der Waals surface area contributed by atoms with Gasteiger partial charge in [-0.25, -0.2) is 13.4 Å². The molecule has 156 valence electrons. The molecule has 8 nitrogen and oxygen atoms in total. The Labute approximate surface area is 167 Å². The molecule has 1 aliphatic heterocycles. The molecule has 9 heteroatoms. The summed E-state index contributed by atoms with van der Waals surface area (Å²) in [6, 6.07) is 0. The summed E-state index contributed by atoms with van der Waals surface area (Å²) in [6.07, 6.45) is 8.19. The fraction of sp³-hybridized carbons (Fsp3) is 0.684.